The van der Waals surface area contributed by atoms with Crippen LogP contribution in [0.5, 0.6) is 11.5 Å². The maximum Gasteiger partial charge on any atom is 0.425 e. The van der Waals surface area contributed by atoms with Gasteiger partial charge in [0.15, 0.2) is 6.10 Å². The lowest BCUT2D eigenvalue weighted by Crippen LogP contribution is -2.36. The minimum Gasteiger partial charge on any atom is -0.494 e. The first-order chi connectivity index (χ1) is 22.7. The van der Waals surface area contributed by atoms with Gasteiger partial charge in [-0.3, -0.25) is 0 Å². The summed E-state index contributed by atoms with van der Waals surface area (Å²) < 4.78 is 57.1. The van der Waals surface area contributed by atoms with Gasteiger partial charge in [0.05, 0.1) is 17.7 Å². The topological polar surface area (TPSA) is 61.8 Å². The number of carbonyl (C=O) groups is 2. The fraction of sp³-hybridized carbons (Fsp3) is 0.487. The molecule has 1 fully saturated rings. The van der Waals surface area contributed by atoms with Crippen molar-refractivity contribution in [2.75, 3.05) is 6.61 Å². The summed E-state index contributed by atoms with van der Waals surface area (Å²) in [6.45, 7) is 2.94. The molecule has 1 aliphatic rings. The Morgan fingerprint density at radius 2 is 1.19 bits per heavy atom. The summed E-state index contributed by atoms with van der Waals surface area (Å²) in [5, 5.41) is 0. The van der Waals surface area contributed by atoms with Gasteiger partial charge in [0.25, 0.3) is 0 Å². The van der Waals surface area contributed by atoms with Crippen molar-refractivity contribution < 1.29 is 37.0 Å². The van der Waals surface area contributed by atoms with E-state index in [2.05, 4.69) is 6.92 Å². The van der Waals surface area contributed by atoms with Gasteiger partial charge in [-0.2, -0.15) is 13.2 Å². The van der Waals surface area contributed by atoms with Crippen LogP contribution < -0.4 is 9.47 Å². The van der Waals surface area contributed by atoms with Crippen molar-refractivity contribution in [3.63, 3.8) is 0 Å². The first kappa shape index (κ1) is 36.0. The molecule has 0 aliphatic heterocycles. The zero-order valence-corrected chi connectivity index (χ0v) is 27.4. The van der Waals surface area contributed by atoms with Crippen LogP contribution in [0.15, 0.2) is 72.8 Å². The van der Waals surface area contributed by atoms with Crippen LogP contribution in [-0.4, -0.2) is 30.8 Å². The van der Waals surface area contributed by atoms with E-state index < -0.39 is 24.2 Å². The molecule has 0 spiro atoms. The largest absolute Gasteiger partial charge is 0.494 e. The second kappa shape index (κ2) is 18.5. The van der Waals surface area contributed by atoms with Crippen LogP contribution in [0.25, 0.3) is 11.1 Å². The number of alkyl halides is 3. The third-order valence-corrected chi connectivity index (χ3v) is 8.76. The molecule has 0 radical (unpaired) electrons. The molecule has 8 heteroatoms. The van der Waals surface area contributed by atoms with Gasteiger partial charge in [-0.15, -0.1) is 0 Å². The van der Waals surface area contributed by atoms with E-state index in [0.717, 1.165) is 55.4 Å². The molecule has 0 amide bonds. The number of halogens is 3. The highest BCUT2D eigenvalue weighted by Gasteiger charge is 2.44. The van der Waals surface area contributed by atoms with Crippen molar-refractivity contribution in [1.29, 1.82) is 0 Å². The molecule has 4 rings (SSSR count). The lowest BCUT2D eigenvalue weighted by molar-refractivity contribution is -0.209. The van der Waals surface area contributed by atoms with Crippen LogP contribution in [0.2, 0.25) is 0 Å². The molecular weight excluding hydrogens is 605 g/mol. The Morgan fingerprint density at radius 3 is 1.79 bits per heavy atom. The molecule has 3 aromatic rings. The van der Waals surface area contributed by atoms with Gasteiger partial charge in [-0.05, 0) is 78.4 Å². The first-order valence-electron chi connectivity index (χ1n) is 17.2. The second-order valence-electron chi connectivity index (χ2n) is 12.5. The van der Waals surface area contributed by atoms with Crippen molar-refractivity contribution in [3.05, 3.63) is 83.9 Å². The van der Waals surface area contributed by atoms with E-state index in [0.29, 0.717) is 12.2 Å². The van der Waals surface area contributed by atoms with E-state index in [1.165, 1.54) is 69.2 Å². The summed E-state index contributed by atoms with van der Waals surface area (Å²) in [6.07, 6.45) is 7.31. The Bertz CT molecular complexity index is 1360. The van der Waals surface area contributed by atoms with E-state index >= 15 is 0 Å². The summed E-state index contributed by atoms with van der Waals surface area (Å²) in [4.78, 5) is 25.3. The molecule has 1 atom stereocenters. The van der Waals surface area contributed by atoms with Gasteiger partial charge in [0, 0.05) is 0 Å². The molecule has 0 saturated heterocycles. The van der Waals surface area contributed by atoms with Crippen LogP contribution in [-0.2, 0) is 4.74 Å². The third-order valence-electron chi connectivity index (χ3n) is 8.76. The number of rotatable bonds is 17. The molecule has 47 heavy (non-hydrogen) atoms. The average molecular weight is 653 g/mol. The van der Waals surface area contributed by atoms with E-state index in [9.17, 15) is 22.8 Å². The van der Waals surface area contributed by atoms with Crippen LogP contribution in [0.1, 0.15) is 118 Å². The summed E-state index contributed by atoms with van der Waals surface area (Å²) in [7, 11) is 0. The molecule has 0 bridgehead atoms. The SMILES string of the molecule is CCCCCCCCCCOc1ccc(-c2ccc(C(=O)Oc3ccc(C(=O)OC(CC4CCCCC4)C(F)(F)F)cc3)cc2)cc1. The van der Waals surface area contributed by atoms with Gasteiger partial charge < -0.3 is 14.2 Å². The molecule has 3 aromatic carbocycles. The van der Waals surface area contributed by atoms with E-state index in [4.69, 9.17) is 14.2 Å². The number of unbranched alkanes of at least 4 members (excludes halogenated alkanes) is 7. The molecule has 0 N–H and O–H groups in total. The highest BCUT2D eigenvalue weighted by Crippen LogP contribution is 2.34. The maximum atomic E-state index is 13.6. The first-order valence-corrected chi connectivity index (χ1v) is 17.2. The zero-order valence-electron chi connectivity index (χ0n) is 27.4. The van der Waals surface area contributed by atoms with Crippen molar-refractivity contribution in [3.8, 4) is 22.6 Å². The van der Waals surface area contributed by atoms with Crippen LogP contribution >= 0.6 is 0 Å². The smallest absolute Gasteiger partial charge is 0.425 e. The minimum atomic E-state index is -4.64. The van der Waals surface area contributed by atoms with Crippen molar-refractivity contribution >= 4 is 11.9 Å². The summed E-state index contributed by atoms with van der Waals surface area (Å²) in [5.41, 5.74) is 2.20. The van der Waals surface area contributed by atoms with Gasteiger partial charge in [0.1, 0.15) is 11.5 Å². The predicted octanol–water partition coefficient (Wildman–Crippen LogP) is 11.2. The minimum absolute atomic E-state index is 0.0448. The summed E-state index contributed by atoms with van der Waals surface area (Å²) in [5.74, 6) is -0.766. The van der Waals surface area contributed by atoms with Gasteiger partial charge in [-0.25, -0.2) is 9.59 Å². The van der Waals surface area contributed by atoms with Gasteiger partial charge >= 0.3 is 18.1 Å². The van der Waals surface area contributed by atoms with Crippen LogP contribution in [0.3, 0.4) is 0 Å². The number of hydrogen-bond acceptors (Lipinski definition) is 5. The molecule has 1 unspecified atom stereocenters. The van der Waals surface area contributed by atoms with Crippen molar-refractivity contribution in [2.45, 2.75) is 109 Å². The molecule has 0 aromatic heterocycles. The van der Waals surface area contributed by atoms with E-state index in [1.54, 1.807) is 12.1 Å². The second-order valence-corrected chi connectivity index (χ2v) is 12.5. The number of carbonyl (C=O) groups excluding carboxylic acids is 2. The molecule has 5 nitrogen and oxygen atoms in total. The average Bonchev–Trinajstić information content (AvgIpc) is 3.08. The highest BCUT2D eigenvalue weighted by atomic mass is 19.4. The fourth-order valence-corrected chi connectivity index (χ4v) is 5.96. The molecule has 0 heterocycles. The Morgan fingerprint density at radius 1 is 0.681 bits per heavy atom. The monoisotopic (exact) mass is 652 g/mol. The van der Waals surface area contributed by atoms with Gasteiger partial charge in [-0.1, -0.05) is 108 Å². The van der Waals surface area contributed by atoms with E-state index in [1.807, 2.05) is 36.4 Å². The molecule has 1 aliphatic carbocycles. The van der Waals surface area contributed by atoms with Crippen molar-refractivity contribution in [2.24, 2.45) is 5.92 Å². The highest BCUT2D eigenvalue weighted by molar-refractivity contribution is 5.92. The number of ether oxygens (including phenoxy) is 3. The fourth-order valence-electron chi connectivity index (χ4n) is 5.96. The van der Waals surface area contributed by atoms with Crippen molar-refractivity contribution in [1.82, 2.24) is 0 Å². The summed E-state index contributed by atoms with van der Waals surface area (Å²) >= 11 is 0. The maximum absolute atomic E-state index is 13.6. The lowest BCUT2D eigenvalue weighted by atomic mass is 9.85. The lowest BCUT2D eigenvalue weighted by Gasteiger charge is -2.27. The van der Waals surface area contributed by atoms with E-state index in [-0.39, 0.29) is 23.7 Å². The Kier molecular flexibility index (Phi) is 14.2. The third kappa shape index (κ3) is 12.1. The van der Waals surface area contributed by atoms with Crippen LogP contribution in [0, 0.1) is 5.92 Å². The number of esters is 2. The standard InChI is InChI=1S/C39H47F3O5/c1-2-3-4-5-6-7-8-12-27-45-34-23-19-31(20-24-34)30-15-17-32(18-16-30)37(43)46-35-25-21-33(22-26-35)38(44)47-36(39(40,41)42)28-29-13-10-9-11-14-29/h15-26,29,36H,2-14,27-28H2,1H3. The van der Waals surface area contributed by atoms with Crippen LogP contribution in [0.4, 0.5) is 13.2 Å². The Labute approximate surface area is 276 Å². The number of benzene rings is 3. The molecular formula is C39H47F3O5. The Balaban J connectivity index is 1.22. The predicted molar refractivity (Wildman–Crippen MR) is 178 cm³/mol. The quantitative estimate of drug-likeness (QED) is 0.0825. The van der Waals surface area contributed by atoms with Gasteiger partial charge in [0.2, 0.25) is 0 Å². The normalized spacial score (nSPS) is 14.4. The zero-order chi connectivity index (χ0) is 33.5. The Hall–Kier alpha value is -3.81. The number of hydrogen-bond donors (Lipinski definition) is 0. The molecule has 254 valence electrons. The summed E-state index contributed by atoms with van der Waals surface area (Å²) in [6, 6.07) is 20.2. The molecule has 1 saturated carbocycles.